The van der Waals surface area contributed by atoms with Crippen LogP contribution < -0.4 is 16.0 Å². The number of carbonyl (C=O) groups is 3. The topological polar surface area (TPSA) is 136 Å². The predicted octanol–water partition coefficient (Wildman–Crippen LogP) is 3.76. The van der Waals surface area contributed by atoms with E-state index in [1.165, 1.54) is 0 Å². The fourth-order valence-electron chi connectivity index (χ4n) is 3.61. The molecule has 3 aromatic rings. The number of ether oxygens (including phenoxy) is 2. The number of benzene rings is 1. The second kappa shape index (κ2) is 13.6. The number of fused-ring (bicyclic) bond motifs is 1. The smallest absolute Gasteiger partial charge is 0.407 e. The highest BCUT2D eigenvalue weighted by Crippen LogP contribution is 2.17. The highest BCUT2D eigenvalue weighted by atomic mass is 16.6. The fourth-order valence-corrected chi connectivity index (χ4v) is 3.61. The number of aryl methyl sites for hydroxylation is 1. The van der Waals surface area contributed by atoms with E-state index in [1.54, 1.807) is 45.3 Å². The zero-order valence-corrected chi connectivity index (χ0v) is 23.2. The van der Waals surface area contributed by atoms with Crippen molar-refractivity contribution in [2.45, 2.75) is 59.2 Å². The normalized spacial score (nSPS) is 12.2. The second-order valence-corrected chi connectivity index (χ2v) is 10.6. The van der Waals surface area contributed by atoms with Crippen molar-refractivity contribution in [1.82, 2.24) is 25.4 Å². The van der Waals surface area contributed by atoms with Crippen molar-refractivity contribution < 1.29 is 23.9 Å². The van der Waals surface area contributed by atoms with Crippen molar-refractivity contribution in [3.05, 3.63) is 54.4 Å². The Morgan fingerprint density at radius 3 is 2.59 bits per heavy atom. The van der Waals surface area contributed by atoms with Crippen LogP contribution in [0.4, 0.5) is 10.6 Å². The molecule has 0 radical (unpaired) electrons. The molecular weight excluding hydrogens is 500 g/mol. The van der Waals surface area contributed by atoms with Gasteiger partial charge in [-0.15, -0.1) is 0 Å². The van der Waals surface area contributed by atoms with Gasteiger partial charge in [-0.3, -0.25) is 9.48 Å². The van der Waals surface area contributed by atoms with Crippen molar-refractivity contribution in [3.8, 4) is 0 Å². The Morgan fingerprint density at radius 2 is 1.90 bits per heavy atom. The first-order valence-electron chi connectivity index (χ1n) is 13.1. The monoisotopic (exact) mass is 538 g/mol. The van der Waals surface area contributed by atoms with E-state index in [0.717, 1.165) is 29.7 Å². The summed E-state index contributed by atoms with van der Waals surface area (Å²) in [6, 6.07) is 9.90. The van der Waals surface area contributed by atoms with Gasteiger partial charge in [-0.05, 0) is 63.4 Å². The zero-order chi connectivity index (χ0) is 28.4. The highest BCUT2D eigenvalue weighted by molar-refractivity contribution is 5.98. The van der Waals surface area contributed by atoms with Gasteiger partial charge in [-0.25, -0.2) is 14.6 Å². The number of amides is 2. The largest absolute Gasteiger partial charge is 0.458 e. The van der Waals surface area contributed by atoms with Gasteiger partial charge in [0.2, 0.25) is 0 Å². The van der Waals surface area contributed by atoms with Crippen LogP contribution in [-0.4, -0.2) is 64.1 Å². The molecule has 0 aliphatic carbocycles. The molecule has 2 aromatic heterocycles. The molecule has 2 amide bonds. The maximum Gasteiger partial charge on any atom is 0.407 e. The molecule has 11 nitrogen and oxygen atoms in total. The van der Waals surface area contributed by atoms with Crippen LogP contribution >= 0.6 is 0 Å². The number of esters is 1. The van der Waals surface area contributed by atoms with Gasteiger partial charge in [0.05, 0.1) is 18.3 Å². The van der Waals surface area contributed by atoms with Crippen LogP contribution in [-0.2, 0) is 20.8 Å². The minimum Gasteiger partial charge on any atom is -0.458 e. The average molecular weight is 539 g/mol. The lowest BCUT2D eigenvalue weighted by Gasteiger charge is -2.24. The van der Waals surface area contributed by atoms with Crippen LogP contribution in [0.25, 0.3) is 10.9 Å². The molecule has 39 heavy (non-hydrogen) atoms. The maximum atomic E-state index is 12.9. The summed E-state index contributed by atoms with van der Waals surface area (Å²) in [4.78, 5) is 42.0. The first-order valence-corrected chi connectivity index (χ1v) is 13.1. The van der Waals surface area contributed by atoms with E-state index in [0.29, 0.717) is 12.1 Å². The Kier molecular flexibility index (Phi) is 10.2. The van der Waals surface area contributed by atoms with Crippen molar-refractivity contribution >= 4 is 34.7 Å². The van der Waals surface area contributed by atoms with Crippen molar-refractivity contribution in [2.75, 3.05) is 25.0 Å². The Balaban J connectivity index is 1.58. The predicted molar refractivity (Wildman–Crippen MR) is 148 cm³/mol. The van der Waals surface area contributed by atoms with Crippen LogP contribution in [0, 0.1) is 5.92 Å². The summed E-state index contributed by atoms with van der Waals surface area (Å²) < 4.78 is 12.4. The molecule has 0 spiro atoms. The number of rotatable bonds is 12. The molecule has 0 unspecified atom stereocenters. The number of anilines is 1. The summed E-state index contributed by atoms with van der Waals surface area (Å²) >= 11 is 0. The summed E-state index contributed by atoms with van der Waals surface area (Å²) in [6.45, 7) is 10.5. The van der Waals surface area contributed by atoms with Gasteiger partial charge >= 0.3 is 12.1 Å². The van der Waals surface area contributed by atoms with Gasteiger partial charge in [0.25, 0.3) is 5.91 Å². The van der Waals surface area contributed by atoms with E-state index in [1.807, 2.05) is 42.8 Å². The lowest BCUT2D eigenvalue weighted by atomic mass is 10.1. The maximum absolute atomic E-state index is 12.9. The highest BCUT2D eigenvalue weighted by Gasteiger charge is 2.28. The molecule has 3 rings (SSSR count). The van der Waals surface area contributed by atoms with Crippen molar-refractivity contribution in [3.63, 3.8) is 0 Å². The van der Waals surface area contributed by atoms with Gasteiger partial charge in [-0.2, -0.15) is 5.10 Å². The SMILES string of the molecule is CC(C)COC(=O)N[C@@H](CNC(=O)c1ccc2c(cnn2CCCNc2ccccn2)c1)C(=O)OC(C)(C)C. The van der Waals surface area contributed by atoms with Crippen LogP contribution in [0.3, 0.4) is 0 Å². The van der Waals surface area contributed by atoms with Gasteiger partial charge in [0, 0.05) is 36.8 Å². The number of nitrogens with zero attached hydrogens (tertiary/aromatic N) is 3. The third-order valence-corrected chi connectivity index (χ3v) is 5.42. The molecule has 1 atom stereocenters. The van der Waals surface area contributed by atoms with Gasteiger partial charge in [-0.1, -0.05) is 19.9 Å². The number of nitrogens with one attached hydrogen (secondary N) is 3. The van der Waals surface area contributed by atoms with Crippen LogP contribution in [0.1, 0.15) is 51.4 Å². The van der Waals surface area contributed by atoms with Gasteiger partial charge < -0.3 is 25.4 Å². The molecule has 3 N–H and O–H groups in total. The lowest BCUT2D eigenvalue weighted by molar-refractivity contribution is -0.157. The van der Waals surface area contributed by atoms with Gasteiger partial charge in [0.15, 0.2) is 0 Å². The van der Waals surface area contributed by atoms with Crippen LogP contribution in [0.15, 0.2) is 48.8 Å². The van der Waals surface area contributed by atoms with Crippen molar-refractivity contribution in [1.29, 1.82) is 0 Å². The summed E-state index contributed by atoms with van der Waals surface area (Å²) in [6.07, 6.45) is 3.55. The summed E-state index contributed by atoms with van der Waals surface area (Å²) in [5.41, 5.74) is 0.553. The third kappa shape index (κ3) is 9.59. The first-order chi connectivity index (χ1) is 18.5. The number of pyridine rings is 1. The van der Waals surface area contributed by atoms with Crippen LogP contribution in [0.2, 0.25) is 0 Å². The molecule has 1 aromatic carbocycles. The van der Waals surface area contributed by atoms with E-state index in [-0.39, 0.29) is 19.1 Å². The van der Waals surface area contributed by atoms with Gasteiger partial charge in [0.1, 0.15) is 17.5 Å². The number of hydrogen-bond donors (Lipinski definition) is 3. The quantitative estimate of drug-likeness (QED) is 0.234. The number of hydrogen-bond acceptors (Lipinski definition) is 8. The molecule has 0 saturated heterocycles. The Hall–Kier alpha value is -4.15. The van der Waals surface area contributed by atoms with E-state index in [4.69, 9.17) is 9.47 Å². The lowest BCUT2D eigenvalue weighted by Crippen LogP contribution is -2.50. The summed E-state index contributed by atoms with van der Waals surface area (Å²) in [7, 11) is 0. The summed E-state index contributed by atoms with van der Waals surface area (Å²) in [5.74, 6) is -0.0957. The Bertz CT molecular complexity index is 1250. The Morgan fingerprint density at radius 1 is 1.10 bits per heavy atom. The number of alkyl carbamates (subject to hydrolysis) is 1. The third-order valence-electron chi connectivity index (χ3n) is 5.42. The zero-order valence-electron chi connectivity index (χ0n) is 23.2. The molecule has 2 heterocycles. The molecular formula is C28H38N6O5. The minimum absolute atomic E-state index is 0.137. The molecule has 0 aliphatic rings. The first kappa shape index (κ1) is 29.4. The minimum atomic E-state index is -1.11. The van der Waals surface area contributed by atoms with E-state index < -0.39 is 29.6 Å². The molecule has 11 heteroatoms. The molecule has 0 bridgehead atoms. The van der Waals surface area contributed by atoms with Crippen molar-refractivity contribution in [2.24, 2.45) is 5.92 Å². The molecule has 0 saturated carbocycles. The number of carbonyl (C=O) groups excluding carboxylic acids is 3. The summed E-state index contributed by atoms with van der Waals surface area (Å²) in [5, 5.41) is 13.8. The molecule has 0 fully saturated rings. The average Bonchev–Trinajstić information content (AvgIpc) is 3.29. The van der Waals surface area contributed by atoms with Crippen LogP contribution in [0.5, 0.6) is 0 Å². The standard InChI is InChI=1S/C28H38N6O5/c1-19(2)18-38-27(37)33-22(26(36)39-28(3,4)5)17-31-25(35)20-10-11-23-21(15-20)16-32-34(23)14-8-13-30-24-9-6-7-12-29-24/h6-7,9-12,15-16,19,22H,8,13-14,17-18H2,1-5H3,(H,29,30)(H,31,35)(H,33,37)/t22-/m0/s1. The second-order valence-electron chi connectivity index (χ2n) is 10.6. The Labute approximate surface area is 228 Å². The molecule has 0 aliphatic heterocycles. The number of aromatic nitrogens is 3. The van der Waals surface area contributed by atoms with E-state index in [9.17, 15) is 14.4 Å². The fraction of sp³-hybridized carbons (Fsp3) is 0.464. The molecule has 210 valence electrons. The van der Waals surface area contributed by atoms with E-state index >= 15 is 0 Å². The van der Waals surface area contributed by atoms with E-state index in [2.05, 4.69) is 26.0 Å².